The fourth-order valence-corrected chi connectivity index (χ4v) is 4.19. The van der Waals surface area contributed by atoms with Gasteiger partial charge < -0.3 is 24.6 Å². The van der Waals surface area contributed by atoms with Crippen molar-refractivity contribution in [2.45, 2.75) is 13.8 Å². The number of H-pyrrole nitrogens is 1. The smallest absolute Gasteiger partial charge is 0.295 e. The van der Waals surface area contributed by atoms with Crippen LogP contribution in [-0.2, 0) is 4.79 Å². The van der Waals surface area contributed by atoms with Gasteiger partial charge in [0.2, 0.25) is 5.88 Å². The number of anilines is 1. The Hall–Kier alpha value is -5.41. The van der Waals surface area contributed by atoms with Crippen molar-refractivity contribution in [1.29, 1.82) is 0 Å². The number of methoxy groups -OCH3 is 1. The van der Waals surface area contributed by atoms with Crippen LogP contribution in [0.5, 0.6) is 11.6 Å². The highest BCUT2D eigenvalue weighted by Gasteiger charge is 2.28. The van der Waals surface area contributed by atoms with E-state index in [0.717, 1.165) is 0 Å². The molecule has 16 heteroatoms. The Kier molecular flexibility index (Phi) is 7.05. The topological polar surface area (TPSA) is 186 Å². The average Bonchev–Trinajstić information content (AvgIpc) is 3.72. The van der Waals surface area contributed by atoms with Crippen molar-refractivity contribution < 1.29 is 19.4 Å². The summed E-state index contributed by atoms with van der Waals surface area (Å²) in [5.74, 6) is 0.429. The number of pyridine rings is 2. The number of Topliss-reactive ketones (excluding diaryl/α,β-unsaturated/α-hetero) is 1. The van der Waals surface area contributed by atoms with E-state index < -0.39 is 11.7 Å². The third-order valence-electron chi connectivity index (χ3n) is 6.24. The first-order valence-electron chi connectivity index (χ1n) is 12.2. The number of carbonyl (C=O) groups excluding carboxylic acids is 2. The molecule has 0 atom stereocenters. The molecule has 206 valence electrons. The summed E-state index contributed by atoms with van der Waals surface area (Å²) < 4.78 is 8.31. The van der Waals surface area contributed by atoms with Gasteiger partial charge in [-0.2, -0.15) is 14.8 Å². The molecule has 1 amide bonds. The van der Waals surface area contributed by atoms with Crippen LogP contribution in [0.2, 0.25) is 0 Å². The van der Waals surface area contributed by atoms with Gasteiger partial charge in [0.05, 0.1) is 29.8 Å². The summed E-state index contributed by atoms with van der Waals surface area (Å²) in [6.07, 6.45) is 4.46. The van der Waals surface area contributed by atoms with Crippen molar-refractivity contribution in [2.24, 2.45) is 0 Å². The van der Waals surface area contributed by atoms with Crippen LogP contribution in [0.25, 0.3) is 22.5 Å². The number of aromatic nitrogens is 10. The number of nitrogens with one attached hydrogen (secondary N) is 1. The SMILES string of the molecule is CCN(CCN(C)c1nnnn1-c1cccc(O)n1)C(=O)C(=O)c1c[nH]c2c(-n3cnc(C)n3)ncc(OC)c12. The van der Waals surface area contributed by atoms with E-state index >= 15 is 0 Å². The van der Waals surface area contributed by atoms with Gasteiger partial charge in [-0.25, -0.2) is 14.6 Å². The van der Waals surface area contributed by atoms with Gasteiger partial charge in [-0.15, -0.1) is 0 Å². The van der Waals surface area contributed by atoms with Gasteiger partial charge in [0, 0.05) is 38.9 Å². The number of likely N-dealkylation sites (N-methyl/N-ethyl adjacent to an activating group) is 2. The number of ether oxygens (including phenoxy) is 1. The predicted molar refractivity (Wildman–Crippen MR) is 141 cm³/mol. The highest BCUT2D eigenvalue weighted by atomic mass is 16.5. The summed E-state index contributed by atoms with van der Waals surface area (Å²) in [4.78, 5) is 45.6. The van der Waals surface area contributed by atoms with Crippen molar-refractivity contribution in [3.8, 4) is 23.3 Å². The van der Waals surface area contributed by atoms with Crippen molar-refractivity contribution in [1.82, 2.24) is 54.8 Å². The number of amides is 1. The number of hydrogen-bond acceptors (Lipinski definition) is 12. The van der Waals surface area contributed by atoms with Gasteiger partial charge in [0.25, 0.3) is 17.6 Å². The number of tetrazole rings is 1. The first-order valence-corrected chi connectivity index (χ1v) is 12.2. The maximum absolute atomic E-state index is 13.5. The molecule has 0 saturated carbocycles. The van der Waals surface area contributed by atoms with Crippen LogP contribution < -0.4 is 9.64 Å². The lowest BCUT2D eigenvalue weighted by molar-refractivity contribution is -0.126. The number of hydrogen-bond donors (Lipinski definition) is 2. The molecule has 16 nitrogen and oxygen atoms in total. The van der Waals surface area contributed by atoms with E-state index in [-0.39, 0.29) is 18.0 Å². The molecule has 0 saturated heterocycles. The summed E-state index contributed by atoms with van der Waals surface area (Å²) in [6.45, 7) is 4.35. The summed E-state index contributed by atoms with van der Waals surface area (Å²) >= 11 is 0. The summed E-state index contributed by atoms with van der Waals surface area (Å²) in [6, 6.07) is 4.71. The lowest BCUT2D eigenvalue weighted by Crippen LogP contribution is -2.41. The third kappa shape index (κ3) is 4.77. The zero-order chi connectivity index (χ0) is 28.4. The molecule has 2 N–H and O–H groups in total. The largest absolute Gasteiger partial charge is 0.494 e. The quantitative estimate of drug-likeness (QED) is 0.185. The molecule has 0 aliphatic carbocycles. The molecule has 5 heterocycles. The fourth-order valence-electron chi connectivity index (χ4n) is 4.19. The Morgan fingerprint density at radius 2 is 2.02 bits per heavy atom. The molecule has 0 aromatic carbocycles. The molecule has 40 heavy (non-hydrogen) atoms. The maximum Gasteiger partial charge on any atom is 0.295 e. The van der Waals surface area contributed by atoms with Gasteiger partial charge in [-0.1, -0.05) is 11.2 Å². The molecule has 0 unspecified atom stereocenters. The zero-order valence-electron chi connectivity index (χ0n) is 22.2. The monoisotopic (exact) mass is 546 g/mol. The predicted octanol–water partition coefficient (Wildman–Crippen LogP) is 0.705. The van der Waals surface area contributed by atoms with Crippen LogP contribution >= 0.6 is 0 Å². The fraction of sp³-hybridized carbons (Fsp3) is 0.292. The number of rotatable bonds is 10. The molecule has 0 aliphatic rings. The number of aryl methyl sites for hydroxylation is 1. The maximum atomic E-state index is 13.5. The van der Waals surface area contributed by atoms with Gasteiger partial charge in [-0.05, 0) is 30.3 Å². The van der Waals surface area contributed by atoms with E-state index in [1.165, 1.54) is 46.2 Å². The lowest BCUT2D eigenvalue weighted by atomic mass is 10.1. The summed E-state index contributed by atoms with van der Waals surface area (Å²) in [5, 5.41) is 26.1. The zero-order valence-corrected chi connectivity index (χ0v) is 22.2. The van der Waals surface area contributed by atoms with Crippen LogP contribution in [0.3, 0.4) is 0 Å². The number of ketones is 1. The van der Waals surface area contributed by atoms with Crippen LogP contribution in [-0.4, -0.2) is 105 Å². The van der Waals surface area contributed by atoms with E-state index in [1.807, 2.05) is 0 Å². The van der Waals surface area contributed by atoms with Gasteiger partial charge in [0.15, 0.2) is 11.6 Å². The average molecular weight is 547 g/mol. The molecule has 5 aromatic heterocycles. The molecule has 0 fully saturated rings. The van der Waals surface area contributed by atoms with Crippen LogP contribution in [0.15, 0.2) is 36.9 Å². The number of fused-ring (bicyclic) bond motifs is 1. The minimum Gasteiger partial charge on any atom is -0.494 e. The van der Waals surface area contributed by atoms with E-state index in [0.29, 0.717) is 53.2 Å². The first-order chi connectivity index (χ1) is 19.3. The lowest BCUT2D eigenvalue weighted by Gasteiger charge is -2.24. The van der Waals surface area contributed by atoms with Crippen molar-refractivity contribution in [3.05, 3.63) is 48.3 Å². The Morgan fingerprint density at radius 3 is 2.73 bits per heavy atom. The van der Waals surface area contributed by atoms with E-state index in [1.54, 1.807) is 37.9 Å². The molecule has 0 spiro atoms. The van der Waals surface area contributed by atoms with Crippen molar-refractivity contribution in [3.63, 3.8) is 0 Å². The number of aromatic hydroxyl groups is 1. The first kappa shape index (κ1) is 26.2. The highest BCUT2D eigenvalue weighted by Crippen LogP contribution is 2.31. The number of nitrogens with zero attached hydrogens (tertiary/aromatic N) is 11. The minimum atomic E-state index is -0.699. The van der Waals surface area contributed by atoms with Gasteiger partial charge >= 0.3 is 0 Å². The number of carbonyl (C=O) groups is 2. The normalized spacial score (nSPS) is 11.1. The molecule has 0 radical (unpaired) electrons. The molecule has 5 rings (SSSR count). The molecular formula is C24H26N12O4. The Morgan fingerprint density at radius 1 is 1.20 bits per heavy atom. The molecule has 0 aliphatic heterocycles. The Labute approximate surface area is 227 Å². The van der Waals surface area contributed by atoms with Crippen LogP contribution in [0, 0.1) is 6.92 Å². The second kappa shape index (κ2) is 10.8. The second-order valence-corrected chi connectivity index (χ2v) is 8.72. The van der Waals surface area contributed by atoms with Crippen molar-refractivity contribution >= 4 is 28.5 Å². The van der Waals surface area contributed by atoms with Crippen molar-refractivity contribution in [2.75, 3.05) is 38.7 Å². The van der Waals surface area contributed by atoms with Crippen LogP contribution in [0.1, 0.15) is 23.1 Å². The second-order valence-electron chi connectivity index (χ2n) is 8.72. The van der Waals surface area contributed by atoms with Gasteiger partial charge in [0.1, 0.15) is 17.9 Å². The molecular weight excluding hydrogens is 520 g/mol. The Balaban J connectivity index is 1.36. The van der Waals surface area contributed by atoms with Crippen LogP contribution in [0.4, 0.5) is 5.95 Å². The molecule has 5 aromatic rings. The summed E-state index contributed by atoms with van der Waals surface area (Å²) in [5.41, 5.74) is 0.638. The number of aromatic amines is 1. The highest BCUT2D eigenvalue weighted by molar-refractivity contribution is 6.45. The third-order valence-corrected chi connectivity index (χ3v) is 6.24. The van der Waals surface area contributed by atoms with E-state index in [2.05, 4.69) is 40.6 Å². The minimum absolute atomic E-state index is 0.156. The Bertz CT molecular complexity index is 1690. The van der Waals surface area contributed by atoms with E-state index in [9.17, 15) is 14.7 Å². The van der Waals surface area contributed by atoms with Gasteiger partial charge in [-0.3, -0.25) is 9.59 Å². The summed E-state index contributed by atoms with van der Waals surface area (Å²) in [7, 11) is 3.21. The van der Waals surface area contributed by atoms with E-state index in [4.69, 9.17) is 4.74 Å². The standard InChI is InChI=1S/C24H26N12O4/c1-5-34(10-9-33(3)24-29-31-32-36(24)17-7-6-8-18(37)28-17)23(39)21(38)15-11-25-20-19(15)16(40-4)12-26-22(20)35-13-27-14(2)30-35/h6-8,11-13,25H,5,9-10H2,1-4H3,(H,28,37). The molecule has 0 bridgehead atoms.